The molecule has 7 heteroatoms. The second kappa shape index (κ2) is 8.41. The van der Waals surface area contributed by atoms with Crippen LogP contribution in [0.1, 0.15) is 20.8 Å². The van der Waals surface area contributed by atoms with E-state index in [0.29, 0.717) is 15.6 Å². The van der Waals surface area contributed by atoms with Gasteiger partial charge in [-0.25, -0.2) is 0 Å². The zero-order valence-corrected chi connectivity index (χ0v) is 16.4. The molecule has 0 aliphatic carbocycles. The maximum Gasteiger partial charge on any atom is 0.325 e. The molecule has 2 aromatic carbocycles. The Morgan fingerprint density at radius 2 is 1.96 bits per heavy atom. The molecule has 0 atom stereocenters. The van der Waals surface area contributed by atoms with E-state index in [1.807, 2.05) is 49.4 Å². The summed E-state index contributed by atoms with van der Waals surface area (Å²) in [5.41, 5.74) is 1.80. The lowest BCUT2D eigenvalue weighted by atomic mass is 10.1. The molecule has 0 aliphatic heterocycles. The Morgan fingerprint density at radius 1 is 1.19 bits per heavy atom. The molecule has 0 unspecified atom stereocenters. The zero-order valence-electron chi connectivity index (χ0n) is 14.9. The van der Waals surface area contributed by atoms with Gasteiger partial charge in [-0.3, -0.25) is 9.59 Å². The molecule has 0 radical (unpaired) electrons. The fourth-order valence-corrected chi connectivity index (χ4v) is 4.06. The first-order valence-corrected chi connectivity index (χ1v) is 9.43. The topological polar surface area (TPSA) is 64.6 Å². The highest BCUT2D eigenvalue weighted by Crippen LogP contribution is 2.34. The van der Waals surface area contributed by atoms with Crippen molar-refractivity contribution in [2.75, 3.05) is 13.7 Å². The maximum atomic E-state index is 12.3. The number of nitrogens with one attached hydrogen (secondary N) is 1. The normalized spacial score (nSPS) is 10.6. The summed E-state index contributed by atoms with van der Waals surface area (Å²) in [6.07, 6.45) is 0. The minimum absolute atomic E-state index is 0.0726. The van der Waals surface area contributed by atoms with E-state index in [1.54, 1.807) is 7.11 Å². The predicted octanol–water partition coefficient (Wildman–Crippen LogP) is 4.34. The molecule has 5 nitrogen and oxygen atoms in total. The molecule has 27 heavy (non-hydrogen) atoms. The lowest BCUT2D eigenvalue weighted by Gasteiger charge is -2.10. The SMILES string of the molecule is COc1ccc(C)cc1COC(=O)CNC(=O)c1sc2ccccc2c1Cl. The van der Waals surface area contributed by atoms with E-state index >= 15 is 0 Å². The molecule has 0 fully saturated rings. The lowest BCUT2D eigenvalue weighted by molar-refractivity contribution is -0.143. The molecule has 1 N–H and O–H groups in total. The Balaban J connectivity index is 1.58. The lowest BCUT2D eigenvalue weighted by Crippen LogP contribution is -2.30. The number of fused-ring (bicyclic) bond motifs is 1. The number of carbonyl (C=O) groups is 2. The number of ether oxygens (including phenoxy) is 2. The molecular weight excluding hydrogens is 386 g/mol. The molecule has 1 heterocycles. The van der Waals surface area contributed by atoms with E-state index in [1.165, 1.54) is 11.3 Å². The number of benzene rings is 2. The van der Waals surface area contributed by atoms with Crippen LogP contribution in [-0.4, -0.2) is 25.5 Å². The number of aryl methyl sites for hydroxylation is 1. The van der Waals surface area contributed by atoms with Crippen molar-refractivity contribution >= 4 is 44.9 Å². The van der Waals surface area contributed by atoms with E-state index in [2.05, 4.69) is 5.32 Å². The molecule has 1 amide bonds. The van der Waals surface area contributed by atoms with Crippen LogP contribution in [0.2, 0.25) is 5.02 Å². The summed E-state index contributed by atoms with van der Waals surface area (Å²) in [5.74, 6) is -0.287. The predicted molar refractivity (Wildman–Crippen MR) is 107 cm³/mol. The Hall–Kier alpha value is -2.57. The van der Waals surface area contributed by atoms with Crippen molar-refractivity contribution in [2.24, 2.45) is 0 Å². The van der Waals surface area contributed by atoms with Gasteiger partial charge in [0.1, 0.15) is 23.8 Å². The van der Waals surface area contributed by atoms with Crippen LogP contribution in [0.15, 0.2) is 42.5 Å². The van der Waals surface area contributed by atoms with E-state index < -0.39 is 11.9 Å². The first-order chi connectivity index (χ1) is 13.0. The number of amides is 1. The Kier molecular flexibility index (Phi) is 5.98. The number of rotatable bonds is 6. The standard InChI is InChI=1S/C20H18ClNO4S/c1-12-7-8-15(25-2)13(9-12)11-26-17(23)10-22-20(24)19-18(21)14-5-3-4-6-16(14)27-19/h3-9H,10-11H2,1-2H3,(H,22,24). The molecule has 3 aromatic rings. The van der Waals surface area contributed by atoms with Gasteiger partial charge in [0.05, 0.1) is 12.1 Å². The van der Waals surface area contributed by atoms with E-state index in [0.717, 1.165) is 21.2 Å². The zero-order chi connectivity index (χ0) is 19.4. The second-order valence-corrected chi connectivity index (χ2v) is 7.33. The first-order valence-electron chi connectivity index (χ1n) is 8.24. The summed E-state index contributed by atoms with van der Waals surface area (Å²) in [6, 6.07) is 13.1. The molecule has 0 saturated heterocycles. The van der Waals surface area contributed by atoms with E-state index in [4.69, 9.17) is 21.1 Å². The molecule has 3 rings (SSSR count). The average molecular weight is 404 g/mol. The van der Waals surface area contributed by atoms with Crippen LogP contribution in [0, 0.1) is 6.92 Å². The quantitative estimate of drug-likeness (QED) is 0.621. The summed E-state index contributed by atoms with van der Waals surface area (Å²) in [4.78, 5) is 24.7. The minimum atomic E-state index is -0.538. The number of thiophene rings is 1. The number of esters is 1. The number of methoxy groups -OCH3 is 1. The Morgan fingerprint density at radius 3 is 2.70 bits per heavy atom. The summed E-state index contributed by atoms with van der Waals surface area (Å²) >= 11 is 7.56. The summed E-state index contributed by atoms with van der Waals surface area (Å²) in [5, 5.41) is 3.78. The van der Waals surface area contributed by atoms with Crippen molar-refractivity contribution in [1.29, 1.82) is 0 Å². The van der Waals surface area contributed by atoms with Crippen molar-refractivity contribution in [3.63, 3.8) is 0 Å². The van der Waals surface area contributed by atoms with Gasteiger partial charge in [-0.1, -0.05) is 41.4 Å². The highest BCUT2D eigenvalue weighted by molar-refractivity contribution is 7.21. The van der Waals surface area contributed by atoms with Gasteiger partial charge in [0.25, 0.3) is 5.91 Å². The van der Waals surface area contributed by atoms with Crippen LogP contribution in [0.25, 0.3) is 10.1 Å². The van der Waals surface area contributed by atoms with Crippen LogP contribution in [0.5, 0.6) is 5.75 Å². The third kappa shape index (κ3) is 4.40. The smallest absolute Gasteiger partial charge is 0.325 e. The molecule has 1 aromatic heterocycles. The number of hydrogen-bond acceptors (Lipinski definition) is 5. The third-order valence-electron chi connectivity index (χ3n) is 3.96. The van der Waals surface area contributed by atoms with Crippen molar-refractivity contribution in [3.05, 3.63) is 63.5 Å². The van der Waals surface area contributed by atoms with Crippen molar-refractivity contribution in [1.82, 2.24) is 5.32 Å². The van der Waals surface area contributed by atoms with E-state index in [-0.39, 0.29) is 13.2 Å². The van der Waals surface area contributed by atoms with Crippen LogP contribution in [-0.2, 0) is 16.1 Å². The van der Waals surface area contributed by atoms with Crippen molar-refractivity contribution in [2.45, 2.75) is 13.5 Å². The largest absolute Gasteiger partial charge is 0.496 e. The Labute approximate surface area is 165 Å². The monoisotopic (exact) mass is 403 g/mol. The molecular formula is C20H18ClNO4S. The molecule has 0 aliphatic rings. The van der Waals surface area contributed by atoms with Gasteiger partial charge in [-0.2, -0.15) is 0 Å². The van der Waals surface area contributed by atoms with Crippen molar-refractivity contribution < 1.29 is 19.1 Å². The summed E-state index contributed by atoms with van der Waals surface area (Å²) in [7, 11) is 1.56. The van der Waals surface area contributed by atoms with Crippen LogP contribution in [0.3, 0.4) is 0 Å². The number of halogens is 1. The van der Waals surface area contributed by atoms with Gasteiger partial charge in [0, 0.05) is 15.6 Å². The first kappa shape index (κ1) is 19.2. The summed E-state index contributed by atoms with van der Waals surface area (Å²) in [6.45, 7) is 1.78. The van der Waals surface area contributed by atoms with E-state index in [9.17, 15) is 9.59 Å². The maximum absolute atomic E-state index is 12.3. The van der Waals surface area contributed by atoms with Gasteiger partial charge in [-0.15, -0.1) is 11.3 Å². The van der Waals surface area contributed by atoms with Crippen LogP contribution in [0.4, 0.5) is 0 Å². The van der Waals surface area contributed by atoms with Gasteiger partial charge in [-0.05, 0) is 25.1 Å². The highest BCUT2D eigenvalue weighted by atomic mass is 35.5. The van der Waals surface area contributed by atoms with Gasteiger partial charge in [0.15, 0.2) is 0 Å². The fourth-order valence-electron chi connectivity index (χ4n) is 2.62. The second-order valence-electron chi connectivity index (χ2n) is 5.90. The highest BCUT2D eigenvalue weighted by Gasteiger charge is 2.18. The number of hydrogen-bond donors (Lipinski definition) is 1. The molecule has 140 valence electrons. The molecule has 0 spiro atoms. The number of carbonyl (C=O) groups excluding carboxylic acids is 2. The Bertz CT molecular complexity index is 999. The molecule has 0 bridgehead atoms. The fraction of sp³-hybridized carbons (Fsp3) is 0.200. The third-order valence-corrected chi connectivity index (χ3v) is 5.63. The minimum Gasteiger partial charge on any atom is -0.496 e. The van der Waals surface area contributed by atoms with Gasteiger partial charge >= 0.3 is 5.97 Å². The average Bonchev–Trinajstić information content (AvgIpc) is 3.01. The van der Waals surface area contributed by atoms with Crippen LogP contribution >= 0.6 is 22.9 Å². The van der Waals surface area contributed by atoms with Crippen molar-refractivity contribution in [3.8, 4) is 5.75 Å². The summed E-state index contributed by atoms with van der Waals surface area (Å²) < 4.78 is 11.4. The van der Waals surface area contributed by atoms with Gasteiger partial charge < -0.3 is 14.8 Å². The van der Waals surface area contributed by atoms with Gasteiger partial charge in [0.2, 0.25) is 0 Å². The molecule has 0 saturated carbocycles. The van der Waals surface area contributed by atoms with Crippen LogP contribution < -0.4 is 10.1 Å².